The Labute approximate surface area is 165 Å². The maximum absolute atomic E-state index is 9.85. The zero-order chi connectivity index (χ0) is 20.2. The van der Waals surface area contributed by atoms with E-state index in [2.05, 4.69) is 13.2 Å². The summed E-state index contributed by atoms with van der Waals surface area (Å²) in [5.74, 6) is 1.29. The Balaban J connectivity index is 1.89. The Morgan fingerprint density at radius 2 is 1.18 bits per heavy atom. The molecular formula is C22H28O6. The molecule has 0 spiro atoms. The van der Waals surface area contributed by atoms with Crippen molar-refractivity contribution in [1.29, 1.82) is 0 Å². The van der Waals surface area contributed by atoms with Gasteiger partial charge in [-0.15, -0.1) is 13.2 Å². The molecule has 2 N–H and O–H groups in total. The molecule has 2 aromatic rings. The number of fused-ring (bicyclic) bond motifs is 1. The van der Waals surface area contributed by atoms with Crippen molar-refractivity contribution >= 4 is 10.8 Å². The third kappa shape index (κ3) is 7.70. The lowest BCUT2D eigenvalue weighted by molar-refractivity contribution is 0.0213. The van der Waals surface area contributed by atoms with E-state index in [1.54, 1.807) is 12.2 Å². The molecule has 6 heteroatoms. The minimum absolute atomic E-state index is 0.135. The van der Waals surface area contributed by atoms with Crippen LogP contribution < -0.4 is 9.47 Å². The van der Waals surface area contributed by atoms with Gasteiger partial charge in [-0.2, -0.15) is 0 Å². The lowest BCUT2D eigenvalue weighted by atomic mass is 10.1. The monoisotopic (exact) mass is 388 g/mol. The summed E-state index contributed by atoms with van der Waals surface area (Å²) in [6, 6.07) is 11.3. The first-order valence-corrected chi connectivity index (χ1v) is 9.15. The fourth-order valence-corrected chi connectivity index (χ4v) is 2.44. The topological polar surface area (TPSA) is 77.4 Å². The molecule has 0 bridgehead atoms. The number of aliphatic hydroxyl groups excluding tert-OH is 2. The summed E-state index contributed by atoms with van der Waals surface area (Å²) in [4.78, 5) is 0. The lowest BCUT2D eigenvalue weighted by Gasteiger charge is -2.14. The van der Waals surface area contributed by atoms with Gasteiger partial charge in [0.25, 0.3) is 0 Å². The molecule has 2 unspecified atom stereocenters. The van der Waals surface area contributed by atoms with Crippen LogP contribution in [0.2, 0.25) is 0 Å². The standard InChI is InChI=1S/C22H28O6/c1-3-9-25-13-19(23)15-27-21-7-5-17-6-8-22(12-18(17)11-21)28-16-20(24)14-26-10-4-2/h3-8,11-12,19-20,23-24H,1-2,9-10,13-16H2. The maximum Gasteiger partial charge on any atom is 0.120 e. The van der Waals surface area contributed by atoms with Crippen molar-refractivity contribution in [3.05, 3.63) is 61.7 Å². The Kier molecular flexibility index (Phi) is 9.51. The van der Waals surface area contributed by atoms with Crippen molar-refractivity contribution < 1.29 is 29.2 Å². The highest BCUT2D eigenvalue weighted by Crippen LogP contribution is 2.25. The van der Waals surface area contributed by atoms with Crippen LogP contribution in [0.4, 0.5) is 0 Å². The van der Waals surface area contributed by atoms with Crippen molar-refractivity contribution in [2.24, 2.45) is 0 Å². The molecule has 6 nitrogen and oxygen atoms in total. The van der Waals surface area contributed by atoms with Gasteiger partial charge >= 0.3 is 0 Å². The molecule has 2 atom stereocenters. The fraction of sp³-hybridized carbons (Fsp3) is 0.364. The quantitative estimate of drug-likeness (QED) is 0.383. The summed E-state index contributed by atoms with van der Waals surface area (Å²) in [5, 5.41) is 21.7. The number of benzene rings is 2. The van der Waals surface area contributed by atoms with Gasteiger partial charge in [-0.3, -0.25) is 0 Å². The van der Waals surface area contributed by atoms with Crippen LogP contribution in [0.25, 0.3) is 10.8 Å². The van der Waals surface area contributed by atoms with E-state index in [9.17, 15) is 10.2 Å². The van der Waals surface area contributed by atoms with E-state index < -0.39 is 12.2 Å². The van der Waals surface area contributed by atoms with Crippen LogP contribution in [-0.2, 0) is 9.47 Å². The molecule has 0 fully saturated rings. The van der Waals surface area contributed by atoms with Crippen molar-refractivity contribution in [3.8, 4) is 11.5 Å². The van der Waals surface area contributed by atoms with E-state index in [0.717, 1.165) is 10.8 Å². The molecule has 0 saturated heterocycles. The molecule has 28 heavy (non-hydrogen) atoms. The average Bonchev–Trinajstić information content (AvgIpc) is 2.70. The summed E-state index contributed by atoms with van der Waals surface area (Å²) in [5.41, 5.74) is 0. The second-order valence-electron chi connectivity index (χ2n) is 6.25. The molecule has 0 aliphatic heterocycles. The van der Waals surface area contributed by atoms with Gasteiger partial charge in [-0.05, 0) is 35.0 Å². The van der Waals surface area contributed by atoms with Crippen LogP contribution in [0.15, 0.2) is 61.7 Å². The van der Waals surface area contributed by atoms with Crippen molar-refractivity contribution in [2.75, 3.05) is 39.6 Å². The number of aliphatic hydroxyl groups is 2. The fourth-order valence-electron chi connectivity index (χ4n) is 2.44. The summed E-state index contributed by atoms with van der Waals surface area (Å²) in [6.07, 6.45) is 1.83. The summed E-state index contributed by atoms with van der Waals surface area (Å²) in [7, 11) is 0. The zero-order valence-corrected chi connectivity index (χ0v) is 16.0. The SMILES string of the molecule is C=CCOCC(O)COc1ccc2ccc(OCC(O)COCC=C)cc2c1. The molecular weight excluding hydrogens is 360 g/mol. The second-order valence-corrected chi connectivity index (χ2v) is 6.25. The first-order valence-electron chi connectivity index (χ1n) is 9.15. The molecule has 2 rings (SSSR count). The van der Waals surface area contributed by atoms with Gasteiger partial charge in [-0.25, -0.2) is 0 Å². The largest absolute Gasteiger partial charge is 0.491 e. The molecule has 0 radical (unpaired) electrons. The molecule has 0 aliphatic rings. The Morgan fingerprint density at radius 1 is 0.714 bits per heavy atom. The van der Waals surface area contributed by atoms with Gasteiger partial charge in [0.2, 0.25) is 0 Å². The van der Waals surface area contributed by atoms with Crippen LogP contribution in [0.1, 0.15) is 0 Å². The number of hydrogen-bond acceptors (Lipinski definition) is 6. The van der Waals surface area contributed by atoms with Crippen LogP contribution in [0, 0.1) is 0 Å². The number of ether oxygens (including phenoxy) is 4. The minimum atomic E-state index is -0.713. The molecule has 0 aliphatic carbocycles. The van der Waals surface area contributed by atoms with Gasteiger partial charge < -0.3 is 29.2 Å². The highest BCUT2D eigenvalue weighted by Gasteiger charge is 2.08. The van der Waals surface area contributed by atoms with Gasteiger partial charge in [0, 0.05) is 0 Å². The first kappa shape index (κ1) is 21.9. The van der Waals surface area contributed by atoms with Crippen LogP contribution in [0.5, 0.6) is 11.5 Å². The van der Waals surface area contributed by atoms with Crippen molar-refractivity contribution in [2.45, 2.75) is 12.2 Å². The molecule has 2 aromatic carbocycles. The normalized spacial score (nSPS) is 13.1. The smallest absolute Gasteiger partial charge is 0.120 e. The van der Waals surface area contributed by atoms with Gasteiger partial charge in [0.15, 0.2) is 0 Å². The van der Waals surface area contributed by atoms with Crippen molar-refractivity contribution in [1.82, 2.24) is 0 Å². The molecule has 0 amide bonds. The predicted molar refractivity (Wildman–Crippen MR) is 109 cm³/mol. The van der Waals surface area contributed by atoms with Crippen LogP contribution >= 0.6 is 0 Å². The third-order valence-corrected chi connectivity index (χ3v) is 3.76. The Bertz CT molecular complexity index is 686. The highest BCUT2D eigenvalue weighted by molar-refractivity contribution is 5.85. The van der Waals surface area contributed by atoms with Gasteiger partial charge in [0.1, 0.15) is 36.9 Å². The lowest BCUT2D eigenvalue weighted by Crippen LogP contribution is -2.23. The molecule has 0 heterocycles. The second kappa shape index (κ2) is 12.2. The number of hydrogen-bond donors (Lipinski definition) is 2. The van der Waals surface area contributed by atoms with E-state index in [4.69, 9.17) is 18.9 Å². The van der Waals surface area contributed by atoms with E-state index in [-0.39, 0.29) is 26.4 Å². The summed E-state index contributed by atoms with van der Waals surface area (Å²) < 4.78 is 21.7. The van der Waals surface area contributed by atoms with E-state index >= 15 is 0 Å². The van der Waals surface area contributed by atoms with E-state index in [1.165, 1.54) is 0 Å². The van der Waals surface area contributed by atoms with Crippen LogP contribution in [-0.4, -0.2) is 62.1 Å². The van der Waals surface area contributed by atoms with Gasteiger partial charge in [-0.1, -0.05) is 24.3 Å². The Morgan fingerprint density at radius 3 is 1.61 bits per heavy atom. The van der Waals surface area contributed by atoms with Gasteiger partial charge in [0.05, 0.1) is 26.4 Å². The number of rotatable bonds is 14. The van der Waals surface area contributed by atoms with Crippen molar-refractivity contribution in [3.63, 3.8) is 0 Å². The average molecular weight is 388 g/mol. The molecule has 0 aromatic heterocycles. The predicted octanol–water partition coefficient (Wildman–Crippen LogP) is 2.72. The molecule has 152 valence electrons. The van der Waals surface area contributed by atoms with E-state index in [0.29, 0.717) is 24.7 Å². The maximum atomic E-state index is 9.85. The van der Waals surface area contributed by atoms with Crippen LogP contribution in [0.3, 0.4) is 0 Å². The molecule has 0 saturated carbocycles. The third-order valence-electron chi connectivity index (χ3n) is 3.76. The Hall–Kier alpha value is -2.38. The minimum Gasteiger partial charge on any atom is -0.491 e. The first-order chi connectivity index (χ1) is 13.6. The summed E-state index contributed by atoms with van der Waals surface area (Å²) in [6.45, 7) is 8.55. The van der Waals surface area contributed by atoms with E-state index in [1.807, 2.05) is 36.4 Å². The highest BCUT2D eigenvalue weighted by atomic mass is 16.5. The zero-order valence-electron chi connectivity index (χ0n) is 16.0. The summed E-state index contributed by atoms with van der Waals surface area (Å²) >= 11 is 0.